The summed E-state index contributed by atoms with van der Waals surface area (Å²) in [4.78, 5) is 13.6. The first kappa shape index (κ1) is 11.5. The Balaban J connectivity index is 2.26. The van der Waals surface area contributed by atoms with Crippen LogP contribution in [0.4, 0.5) is 5.69 Å². The average molecular weight is 230 g/mol. The lowest BCUT2D eigenvalue weighted by atomic mass is 10.1. The van der Waals surface area contributed by atoms with Gasteiger partial charge in [0.1, 0.15) is 6.04 Å². The monoisotopic (exact) mass is 230 g/mol. The van der Waals surface area contributed by atoms with Crippen molar-refractivity contribution in [3.63, 3.8) is 0 Å². The molecule has 1 aliphatic rings. The molecular weight excluding hydrogens is 216 g/mol. The fourth-order valence-corrected chi connectivity index (χ4v) is 2.21. The summed E-state index contributed by atoms with van der Waals surface area (Å²) in [5.74, 6) is -0.204. The van der Waals surface area contributed by atoms with Gasteiger partial charge in [-0.05, 0) is 31.0 Å². The van der Waals surface area contributed by atoms with Crippen molar-refractivity contribution in [2.45, 2.75) is 18.9 Å². The van der Waals surface area contributed by atoms with E-state index in [0.717, 1.165) is 25.1 Å². The summed E-state index contributed by atoms with van der Waals surface area (Å²) in [5.41, 5.74) is 1.52. The molecule has 0 N–H and O–H groups in total. The van der Waals surface area contributed by atoms with E-state index in [1.54, 1.807) is 12.1 Å². The van der Waals surface area contributed by atoms with Gasteiger partial charge in [-0.1, -0.05) is 6.07 Å². The van der Waals surface area contributed by atoms with Crippen molar-refractivity contribution in [1.29, 1.82) is 5.26 Å². The third-order valence-corrected chi connectivity index (χ3v) is 3.03. The van der Waals surface area contributed by atoms with Gasteiger partial charge in [0.15, 0.2) is 0 Å². The lowest BCUT2D eigenvalue weighted by molar-refractivity contribution is -0.141. The van der Waals surface area contributed by atoms with E-state index >= 15 is 0 Å². The van der Waals surface area contributed by atoms with E-state index < -0.39 is 0 Å². The molecule has 0 bridgehead atoms. The summed E-state index contributed by atoms with van der Waals surface area (Å²) in [6.45, 7) is 0.828. The molecule has 0 amide bonds. The van der Waals surface area contributed by atoms with Crippen LogP contribution in [0.3, 0.4) is 0 Å². The number of benzene rings is 1. The van der Waals surface area contributed by atoms with Gasteiger partial charge >= 0.3 is 5.97 Å². The minimum absolute atomic E-state index is 0.204. The number of nitrogens with zero attached hydrogens (tertiary/aromatic N) is 2. The van der Waals surface area contributed by atoms with Gasteiger partial charge in [-0.2, -0.15) is 5.26 Å². The van der Waals surface area contributed by atoms with E-state index in [-0.39, 0.29) is 12.0 Å². The van der Waals surface area contributed by atoms with Gasteiger partial charge in [0.05, 0.1) is 18.7 Å². The molecule has 4 heteroatoms. The topological polar surface area (TPSA) is 53.3 Å². The Bertz CT molecular complexity index is 465. The van der Waals surface area contributed by atoms with Crippen LogP contribution >= 0.6 is 0 Å². The molecule has 4 nitrogen and oxygen atoms in total. The lowest BCUT2D eigenvalue weighted by Gasteiger charge is -2.24. The highest BCUT2D eigenvalue weighted by Gasteiger charge is 2.31. The summed E-state index contributed by atoms with van der Waals surface area (Å²) >= 11 is 0. The van der Waals surface area contributed by atoms with Crippen molar-refractivity contribution >= 4 is 11.7 Å². The van der Waals surface area contributed by atoms with E-state index in [0.29, 0.717) is 5.56 Å². The fourth-order valence-electron chi connectivity index (χ4n) is 2.21. The van der Waals surface area contributed by atoms with Gasteiger partial charge in [0.2, 0.25) is 0 Å². The predicted molar refractivity (Wildman–Crippen MR) is 63.5 cm³/mol. The smallest absolute Gasteiger partial charge is 0.328 e. The van der Waals surface area contributed by atoms with Crippen LogP contribution in [0.2, 0.25) is 0 Å². The molecule has 17 heavy (non-hydrogen) atoms. The molecule has 1 aromatic carbocycles. The van der Waals surface area contributed by atoms with Crippen LogP contribution in [0.25, 0.3) is 0 Å². The molecule has 1 heterocycles. The highest BCUT2D eigenvalue weighted by molar-refractivity contribution is 5.80. The van der Waals surface area contributed by atoms with E-state index in [2.05, 4.69) is 6.07 Å². The zero-order valence-electron chi connectivity index (χ0n) is 9.72. The largest absolute Gasteiger partial charge is 0.467 e. The Morgan fingerprint density at radius 1 is 1.59 bits per heavy atom. The molecule has 1 fully saturated rings. The predicted octanol–water partition coefficient (Wildman–Crippen LogP) is 1.70. The molecule has 0 aliphatic carbocycles. The quantitative estimate of drug-likeness (QED) is 0.726. The zero-order valence-corrected chi connectivity index (χ0v) is 9.72. The van der Waals surface area contributed by atoms with Crippen LogP contribution in [-0.2, 0) is 9.53 Å². The maximum atomic E-state index is 11.6. The molecule has 88 valence electrons. The van der Waals surface area contributed by atoms with Crippen molar-refractivity contribution in [2.24, 2.45) is 0 Å². The number of rotatable bonds is 2. The number of anilines is 1. The number of carbonyl (C=O) groups excluding carboxylic acids is 1. The lowest BCUT2D eigenvalue weighted by Crippen LogP contribution is -2.36. The summed E-state index contributed by atoms with van der Waals surface area (Å²) in [6, 6.07) is 9.21. The number of hydrogen-bond donors (Lipinski definition) is 0. The Labute approximate surface area is 100 Å². The van der Waals surface area contributed by atoms with E-state index in [4.69, 9.17) is 10.00 Å². The summed E-state index contributed by atoms with van der Waals surface area (Å²) in [7, 11) is 1.41. The molecule has 1 unspecified atom stereocenters. The van der Waals surface area contributed by atoms with Crippen LogP contribution in [0, 0.1) is 11.3 Å². The maximum absolute atomic E-state index is 11.6. The van der Waals surface area contributed by atoms with Gasteiger partial charge in [0.25, 0.3) is 0 Å². The first-order valence-corrected chi connectivity index (χ1v) is 5.61. The van der Waals surface area contributed by atoms with Crippen LogP contribution in [0.1, 0.15) is 18.4 Å². The summed E-state index contributed by atoms with van der Waals surface area (Å²) in [6.07, 6.45) is 1.78. The molecule has 1 aromatic rings. The highest BCUT2D eigenvalue weighted by atomic mass is 16.5. The second-order valence-corrected chi connectivity index (χ2v) is 4.04. The number of hydrogen-bond acceptors (Lipinski definition) is 4. The van der Waals surface area contributed by atoms with Crippen molar-refractivity contribution < 1.29 is 9.53 Å². The van der Waals surface area contributed by atoms with Crippen molar-refractivity contribution in [3.05, 3.63) is 29.8 Å². The standard InChI is InChI=1S/C13H14N2O2/c1-17-13(16)12-6-3-7-15(12)11-5-2-4-10(8-11)9-14/h2,4-5,8,12H,3,6-7H2,1H3. The van der Waals surface area contributed by atoms with Crippen molar-refractivity contribution in [3.8, 4) is 6.07 Å². The van der Waals surface area contributed by atoms with Crippen LogP contribution in [-0.4, -0.2) is 25.7 Å². The normalized spacial score (nSPS) is 18.8. The second-order valence-electron chi connectivity index (χ2n) is 4.04. The average Bonchev–Trinajstić information content (AvgIpc) is 2.87. The number of methoxy groups -OCH3 is 1. The third-order valence-electron chi connectivity index (χ3n) is 3.03. The van der Waals surface area contributed by atoms with Gasteiger partial charge in [0, 0.05) is 12.2 Å². The molecular formula is C13H14N2O2. The Morgan fingerprint density at radius 3 is 3.12 bits per heavy atom. The van der Waals surface area contributed by atoms with Gasteiger partial charge in [-0.25, -0.2) is 4.79 Å². The molecule has 1 saturated heterocycles. The zero-order chi connectivity index (χ0) is 12.3. The summed E-state index contributed by atoms with van der Waals surface area (Å²) < 4.78 is 4.80. The highest BCUT2D eigenvalue weighted by Crippen LogP contribution is 2.26. The Morgan fingerprint density at radius 2 is 2.41 bits per heavy atom. The van der Waals surface area contributed by atoms with Gasteiger partial charge < -0.3 is 9.64 Å². The minimum atomic E-state index is -0.214. The molecule has 2 rings (SSSR count). The molecule has 0 spiro atoms. The van der Waals surface area contributed by atoms with E-state index in [1.165, 1.54) is 7.11 Å². The first-order valence-electron chi connectivity index (χ1n) is 5.61. The van der Waals surface area contributed by atoms with Crippen molar-refractivity contribution in [1.82, 2.24) is 0 Å². The summed E-state index contributed by atoms with van der Waals surface area (Å²) in [5, 5.41) is 8.87. The third kappa shape index (κ3) is 2.23. The molecule has 0 aromatic heterocycles. The second kappa shape index (κ2) is 4.88. The Hall–Kier alpha value is -2.02. The first-order chi connectivity index (χ1) is 8.26. The molecule has 0 radical (unpaired) electrons. The van der Waals surface area contributed by atoms with Gasteiger partial charge in [-0.3, -0.25) is 0 Å². The Kier molecular flexibility index (Phi) is 3.29. The van der Waals surface area contributed by atoms with Crippen LogP contribution in [0.15, 0.2) is 24.3 Å². The van der Waals surface area contributed by atoms with Crippen LogP contribution in [0.5, 0.6) is 0 Å². The number of esters is 1. The van der Waals surface area contributed by atoms with Crippen molar-refractivity contribution in [2.75, 3.05) is 18.6 Å². The minimum Gasteiger partial charge on any atom is -0.467 e. The number of ether oxygens (including phenoxy) is 1. The van der Waals surface area contributed by atoms with Crippen LogP contribution < -0.4 is 4.90 Å². The van der Waals surface area contributed by atoms with Gasteiger partial charge in [-0.15, -0.1) is 0 Å². The molecule has 0 saturated carbocycles. The molecule has 1 aliphatic heterocycles. The number of nitriles is 1. The van der Waals surface area contributed by atoms with E-state index in [9.17, 15) is 4.79 Å². The van der Waals surface area contributed by atoms with E-state index in [1.807, 2.05) is 17.0 Å². The fraction of sp³-hybridized carbons (Fsp3) is 0.385. The SMILES string of the molecule is COC(=O)C1CCCN1c1cccc(C#N)c1. The molecule has 1 atom stereocenters. The maximum Gasteiger partial charge on any atom is 0.328 e. The number of carbonyl (C=O) groups is 1.